The van der Waals surface area contributed by atoms with Crippen molar-refractivity contribution in [1.82, 2.24) is 5.43 Å². The second-order valence-electron chi connectivity index (χ2n) is 10.5. The van der Waals surface area contributed by atoms with Crippen LogP contribution in [0.15, 0.2) is 88.9 Å². The Labute approximate surface area is 244 Å². The molecule has 41 heavy (non-hydrogen) atoms. The Kier molecular flexibility index (Phi) is 11.4. The van der Waals surface area contributed by atoms with Gasteiger partial charge in [-0.3, -0.25) is 9.10 Å². The normalized spacial score (nSPS) is 15.2. The SMILES string of the molecule is COc1ccc(N(Cc2ccc(C(=O)NN=C3CCCCCCCCCCC3)cc2)S(=O)(=O)c2ccccc2)cc1. The zero-order chi connectivity index (χ0) is 28.9. The van der Waals surface area contributed by atoms with Crippen LogP contribution < -0.4 is 14.5 Å². The summed E-state index contributed by atoms with van der Waals surface area (Å²) in [5.74, 6) is 0.375. The minimum Gasteiger partial charge on any atom is -0.497 e. The van der Waals surface area contributed by atoms with E-state index >= 15 is 0 Å². The summed E-state index contributed by atoms with van der Waals surface area (Å²) in [6.45, 7) is 0.105. The number of benzene rings is 3. The van der Waals surface area contributed by atoms with Crippen LogP contribution in [0.4, 0.5) is 5.69 Å². The van der Waals surface area contributed by atoms with Gasteiger partial charge in [-0.15, -0.1) is 0 Å². The highest BCUT2D eigenvalue weighted by Gasteiger charge is 2.25. The fraction of sp³-hybridized carbons (Fsp3) is 0.394. The van der Waals surface area contributed by atoms with E-state index < -0.39 is 10.0 Å². The highest BCUT2D eigenvalue weighted by atomic mass is 32.2. The van der Waals surface area contributed by atoms with Gasteiger partial charge in [0.2, 0.25) is 0 Å². The van der Waals surface area contributed by atoms with Crippen molar-refractivity contribution in [3.8, 4) is 5.75 Å². The molecule has 0 atom stereocenters. The standard InChI is InChI=1S/C33H41N3O4S/c1-40-31-24-22-30(23-25-31)36(41(38,39)32-16-12-9-13-17-32)26-27-18-20-28(21-19-27)33(37)35-34-29-14-10-7-5-3-2-4-6-8-11-15-29/h9,12-13,16-25H,2-8,10-11,14-15,26H2,1H3,(H,35,37). The molecule has 0 aliphatic heterocycles. The molecule has 4 rings (SSSR count). The number of anilines is 1. The van der Waals surface area contributed by atoms with E-state index in [9.17, 15) is 13.2 Å². The van der Waals surface area contributed by atoms with Crippen LogP contribution in [-0.4, -0.2) is 27.1 Å². The number of carbonyl (C=O) groups is 1. The maximum Gasteiger partial charge on any atom is 0.271 e. The van der Waals surface area contributed by atoms with Crippen LogP contribution in [0.1, 0.15) is 86.6 Å². The number of carbonyl (C=O) groups excluding carboxylic acids is 1. The number of methoxy groups -OCH3 is 1. The Morgan fingerprint density at radius 3 is 1.90 bits per heavy atom. The van der Waals surface area contributed by atoms with Crippen molar-refractivity contribution in [2.24, 2.45) is 5.10 Å². The number of hydrazone groups is 1. The maximum absolute atomic E-state index is 13.6. The predicted octanol–water partition coefficient (Wildman–Crippen LogP) is 7.48. The van der Waals surface area contributed by atoms with E-state index in [2.05, 4.69) is 10.5 Å². The molecule has 3 aromatic rings. The van der Waals surface area contributed by atoms with Gasteiger partial charge in [-0.2, -0.15) is 5.10 Å². The summed E-state index contributed by atoms with van der Waals surface area (Å²) in [5, 5.41) is 4.50. The van der Waals surface area contributed by atoms with Gasteiger partial charge in [-0.25, -0.2) is 13.8 Å². The first-order valence-corrected chi connectivity index (χ1v) is 16.1. The molecular formula is C33H41N3O4S. The highest BCUT2D eigenvalue weighted by Crippen LogP contribution is 2.28. The summed E-state index contributed by atoms with van der Waals surface area (Å²) in [6, 6.07) is 22.3. The summed E-state index contributed by atoms with van der Waals surface area (Å²) in [4.78, 5) is 13.1. The quantitative estimate of drug-likeness (QED) is 0.282. The fourth-order valence-electron chi connectivity index (χ4n) is 5.04. The first-order chi connectivity index (χ1) is 20.0. The molecular weight excluding hydrogens is 534 g/mol. The summed E-state index contributed by atoms with van der Waals surface area (Å²) in [6.07, 6.45) is 13.0. The van der Waals surface area contributed by atoms with E-state index in [1.54, 1.807) is 86.0 Å². The number of sulfonamides is 1. The minimum atomic E-state index is -3.84. The minimum absolute atomic E-state index is 0.105. The molecule has 0 spiro atoms. The Hall–Kier alpha value is -3.65. The first kappa shape index (κ1) is 30.3. The average molecular weight is 576 g/mol. The Morgan fingerprint density at radius 2 is 1.34 bits per heavy atom. The van der Waals surface area contributed by atoms with Gasteiger partial charge in [-0.05, 0) is 79.8 Å². The Balaban J connectivity index is 1.46. The molecule has 1 saturated carbocycles. The molecule has 7 nitrogen and oxygen atoms in total. The van der Waals surface area contributed by atoms with E-state index in [1.165, 1.54) is 49.3 Å². The highest BCUT2D eigenvalue weighted by molar-refractivity contribution is 7.92. The van der Waals surface area contributed by atoms with Crippen LogP contribution in [0.5, 0.6) is 5.75 Å². The zero-order valence-corrected chi connectivity index (χ0v) is 24.7. The van der Waals surface area contributed by atoms with Gasteiger partial charge in [0.15, 0.2) is 0 Å². The monoisotopic (exact) mass is 575 g/mol. The molecule has 1 amide bonds. The molecule has 0 unspecified atom stereocenters. The number of hydrogen-bond acceptors (Lipinski definition) is 5. The van der Waals surface area contributed by atoms with E-state index in [-0.39, 0.29) is 17.3 Å². The number of rotatable bonds is 8. The number of nitrogens with one attached hydrogen (secondary N) is 1. The third-order valence-electron chi connectivity index (χ3n) is 7.48. The lowest BCUT2D eigenvalue weighted by atomic mass is 10.00. The average Bonchev–Trinajstić information content (AvgIpc) is 3.00. The van der Waals surface area contributed by atoms with Gasteiger partial charge < -0.3 is 4.74 Å². The van der Waals surface area contributed by atoms with Crippen molar-refractivity contribution in [2.75, 3.05) is 11.4 Å². The van der Waals surface area contributed by atoms with Crippen LogP contribution in [0.25, 0.3) is 0 Å². The van der Waals surface area contributed by atoms with Gasteiger partial charge >= 0.3 is 0 Å². The van der Waals surface area contributed by atoms with Gasteiger partial charge in [0.1, 0.15) is 5.75 Å². The van der Waals surface area contributed by atoms with E-state index in [4.69, 9.17) is 4.74 Å². The second-order valence-corrected chi connectivity index (χ2v) is 12.4. The Bertz CT molecular complexity index is 1360. The lowest BCUT2D eigenvalue weighted by Crippen LogP contribution is -2.30. The second kappa shape index (κ2) is 15.4. The fourth-order valence-corrected chi connectivity index (χ4v) is 6.51. The number of nitrogens with zero attached hydrogens (tertiary/aromatic N) is 2. The van der Waals surface area contributed by atoms with Crippen LogP contribution in [0, 0.1) is 0 Å². The summed E-state index contributed by atoms with van der Waals surface area (Å²) in [5.41, 5.74) is 5.57. The number of hydrogen-bond donors (Lipinski definition) is 1. The van der Waals surface area contributed by atoms with Gasteiger partial charge in [0.05, 0.1) is 24.2 Å². The van der Waals surface area contributed by atoms with Gasteiger partial charge in [0.25, 0.3) is 15.9 Å². The summed E-state index contributed by atoms with van der Waals surface area (Å²) in [7, 11) is -2.27. The van der Waals surface area contributed by atoms with Crippen molar-refractivity contribution in [1.29, 1.82) is 0 Å². The molecule has 1 fully saturated rings. The smallest absolute Gasteiger partial charge is 0.271 e. The van der Waals surface area contributed by atoms with Crippen molar-refractivity contribution < 1.29 is 17.9 Å². The van der Waals surface area contributed by atoms with Crippen molar-refractivity contribution in [3.05, 3.63) is 90.0 Å². The molecule has 3 aromatic carbocycles. The molecule has 1 N–H and O–H groups in total. The first-order valence-electron chi connectivity index (χ1n) is 14.6. The molecule has 0 radical (unpaired) electrons. The number of ether oxygens (including phenoxy) is 1. The Morgan fingerprint density at radius 1 is 0.780 bits per heavy atom. The van der Waals surface area contributed by atoms with Crippen LogP contribution >= 0.6 is 0 Å². The third kappa shape index (κ3) is 8.92. The van der Waals surface area contributed by atoms with Gasteiger partial charge in [0, 0.05) is 11.3 Å². The largest absolute Gasteiger partial charge is 0.497 e. The molecule has 0 saturated heterocycles. The maximum atomic E-state index is 13.6. The van der Waals surface area contributed by atoms with E-state index in [1.807, 2.05) is 0 Å². The van der Waals surface area contributed by atoms with Crippen molar-refractivity contribution in [3.63, 3.8) is 0 Å². The molecule has 0 aromatic heterocycles. The van der Waals surface area contributed by atoms with E-state index in [0.29, 0.717) is 17.0 Å². The number of amides is 1. The molecule has 0 bridgehead atoms. The van der Waals surface area contributed by atoms with E-state index in [0.717, 1.165) is 37.0 Å². The molecule has 1 aliphatic carbocycles. The van der Waals surface area contributed by atoms with Crippen molar-refractivity contribution >= 4 is 27.3 Å². The topological polar surface area (TPSA) is 88.1 Å². The predicted molar refractivity (Wildman–Crippen MR) is 165 cm³/mol. The molecule has 8 heteroatoms. The lowest BCUT2D eigenvalue weighted by molar-refractivity contribution is 0.0954. The summed E-state index contributed by atoms with van der Waals surface area (Å²) >= 11 is 0. The summed E-state index contributed by atoms with van der Waals surface area (Å²) < 4.78 is 33.9. The van der Waals surface area contributed by atoms with Crippen molar-refractivity contribution in [2.45, 2.75) is 82.1 Å². The molecule has 0 heterocycles. The van der Waals surface area contributed by atoms with Crippen LogP contribution in [0.3, 0.4) is 0 Å². The molecule has 218 valence electrons. The molecule has 1 aliphatic rings. The lowest BCUT2D eigenvalue weighted by Gasteiger charge is -2.25. The van der Waals surface area contributed by atoms with Gasteiger partial charge in [-0.1, -0.05) is 75.3 Å². The zero-order valence-electron chi connectivity index (χ0n) is 23.9. The van der Waals surface area contributed by atoms with Crippen LogP contribution in [-0.2, 0) is 16.6 Å². The van der Waals surface area contributed by atoms with Crippen LogP contribution in [0.2, 0.25) is 0 Å². The third-order valence-corrected chi connectivity index (χ3v) is 9.27.